The van der Waals surface area contributed by atoms with Crippen molar-refractivity contribution in [1.29, 1.82) is 0 Å². The first kappa shape index (κ1) is 14.0. The second-order valence-corrected chi connectivity index (χ2v) is 4.91. The lowest BCUT2D eigenvalue weighted by atomic mass is 10.2. The zero-order valence-corrected chi connectivity index (χ0v) is 12.2. The second kappa shape index (κ2) is 6.22. The van der Waals surface area contributed by atoms with Crippen molar-refractivity contribution in [3.05, 3.63) is 77.7 Å². The zero-order chi connectivity index (χ0) is 15.4. The summed E-state index contributed by atoms with van der Waals surface area (Å²) in [5.74, 6) is 0.561. The largest absolute Gasteiger partial charge is 0.348 e. The highest BCUT2D eigenvalue weighted by Crippen LogP contribution is 2.12. The number of aromatic nitrogens is 3. The fourth-order valence-corrected chi connectivity index (χ4v) is 2.22. The molecule has 2 heterocycles. The Kier molecular flexibility index (Phi) is 3.96. The monoisotopic (exact) mass is 292 g/mol. The number of amides is 1. The Balaban J connectivity index is 1.75. The Morgan fingerprint density at radius 1 is 1.14 bits per heavy atom. The van der Waals surface area contributed by atoms with Crippen molar-refractivity contribution in [1.82, 2.24) is 20.1 Å². The number of nitrogens with one attached hydrogen (secondary N) is 1. The molecule has 5 heteroatoms. The number of benzene rings is 1. The van der Waals surface area contributed by atoms with Crippen LogP contribution in [-0.2, 0) is 6.54 Å². The SMILES string of the molecule is Cc1c(C(=O)NCc2ccccc2)cnn1-c1ccccn1. The third-order valence-electron chi connectivity index (χ3n) is 3.42. The lowest BCUT2D eigenvalue weighted by Gasteiger charge is -2.06. The van der Waals surface area contributed by atoms with Crippen LogP contribution in [0.1, 0.15) is 21.6 Å². The van der Waals surface area contributed by atoms with Crippen molar-refractivity contribution in [2.45, 2.75) is 13.5 Å². The maximum atomic E-state index is 12.3. The maximum Gasteiger partial charge on any atom is 0.255 e. The van der Waals surface area contributed by atoms with E-state index >= 15 is 0 Å². The number of hydrogen-bond donors (Lipinski definition) is 1. The number of rotatable bonds is 4. The molecule has 0 aliphatic rings. The molecule has 22 heavy (non-hydrogen) atoms. The van der Waals surface area contributed by atoms with Gasteiger partial charge in [-0.2, -0.15) is 5.10 Å². The summed E-state index contributed by atoms with van der Waals surface area (Å²) in [6, 6.07) is 15.4. The van der Waals surface area contributed by atoms with E-state index in [1.807, 2.05) is 55.5 Å². The van der Waals surface area contributed by atoms with Gasteiger partial charge in [0, 0.05) is 12.7 Å². The summed E-state index contributed by atoms with van der Waals surface area (Å²) in [7, 11) is 0. The van der Waals surface area contributed by atoms with Crippen LogP contribution in [-0.4, -0.2) is 20.7 Å². The predicted molar refractivity (Wildman–Crippen MR) is 83.7 cm³/mol. The van der Waals surface area contributed by atoms with Crippen molar-refractivity contribution in [2.75, 3.05) is 0 Å². The number of nitrogens with zero attached hydrogens (tertiary/aromatic N) is 3. The molecule has 5 nitrogen and oxygen atoms in total. The molecule has 0 radical (unpaired) electrons. The number of pyridine rings is 1. The van der Waals surface area contributed by atoms with Gasteiger partial charge < -0.3 is 5.32 Å². The molecule has 0 saturated carbocycles. The van der Waals surface area contributed by atoms with Gasteiger partial charge in [0.1, 0.15) is 0 Å². The summed E-state index contributed by atoms with van der Waals surface area (Å²) in [6.45, 7) is 2.35. The minimum Gasteiger partial charge on any atom is -0.348 e. The fraction of sp³-hybridized carbons (Fsp3) is 0.118. The Labute approximate surface area is 128 Å². The molecule has 3 aromatic rings. The molecule has 0 atom stereocenters. The maximum absolute atomic E-state index is 12.3. The lowest BCUT2D eigenvalue weighted by molar-refractivity contribution is 0.0950. The summed E-state index contributed by atoms with van der Waals surface area (Å²) < 4.78 is 1.66. The molecule has 0 aliphatic carbocycles. The van der Waals surface area contributed by atoms with Crippen LogP contribution < -0.4 is 5.32 Å². The van der Waals surface area contributed by atoms with Crippen LogP contribution in [0.5, 0.6) is 0 Å². The van der Waals surface area contributed by atoms with Crippen LogP contribution in [0.4, 0.5) is 0 Å². The highest BCUT2D eigenvalue weighted by Gasteiger charge is 2.15. The molecule has 1 aromatic carbocycles. The van der Waals surface area contributed by atoms with Gasteiger partial charge in [0.25, 0.3) is 5.91 Å². The molecule has 1 N–H and O–H groups in total. The van der Waals surface area contributed by atoms with E-state index in [4.69, 9.17) is 0 Å². The molecule has 110 valence electrons. The quantitative estimate of drug-likeness (QED) is 0.803. The predicted octanol–water partition coefficient (Wildman–Crippen LogP) is 2.51. The highest BCUT2D eigenvalue weighted by molar-refractivity contribution is 5.95. The number of carbonyl (C=O) groups excluding carboxylic acids is 1. The van der Waals surface area contributed by atoms with Gasteiger partial charge in [-0.1, -0.05) is 36.4 Å². The standard InChI is InChI=1S/C17H16N4O/c1-13-15(12-20-21(13)16-9-5-6-10-18-16)17(22)19-11-14-7-3-2-4-8-14/h2-10,12H,11H2,1H3,(H,19,22). The molecule has 0 aliphatic heterocycles. The zero-order valence-electron chi connectivity index (χ0n) is 12.2. The van der Waals surface area contributed by atoms with Crippen LogP contribution in [0.25, 0.3) is 5.82 Å². The Hall–Kier alpha value is -2.95. The molecule has 0 bridgehead atoms. The average molecular weight is 292 g/mol. The Morgan fingerprint density at radius 2 is 1.91 bits per heavy atom. The third kappa shape index (κ3) is 2.88. The molecule has 0 saturated heterocycles. The van der Waals surface area contributed by atoms with E-state index in [1.165, 1.54) is 0 Å². The summed E-state index contributed by atoms with van der Waals surface area (Å²) in [5, 5.41) is 7.16. The molecular weight excluding hydrogens is 276 g/mol. The molecular formula is C17H16N4O. The van der Waals surface area contributed by atoms with Gasteiger partial charge in [0.05, 0.1) is 17.5 Å². The fourth-order valence-electron chi connectivity index (χ4n) is 2.22. The first-order chi connectivity index (χ1) is 10.8. The Morgan fingerprint density at radius 3 is 2.64 bits per heavy atom. The molecule has 0 spiro atoms. The van der Waals surface area contributed by atoms with Gasteiger partial charge >= 0.3 is 0 Å². The molecule has 0 fully saturated rings. The molecule has 1 amide bonds. The van der Waals surface area contributed by atoms with Gasteiger partial charge in [-0.15, -0.1) is 0 Å². The van der Waals surface area contributed by atoms with E-state index in [9.17, 15) is 4.79 Å². The summed E-state index contributed by atoms with van der Waals surface area (Å²) in [6.07, 6.45) is 3.27. The van der Waals surface area contributed by atoms with Gasteiger partial charge in [-0.05, 0) is 24.6 Å². The van der Waals surface area contributed by atoms with Crippen LogP contribution in [0, 0.1) is 6.92 Å². The van der Waals surface area contributed by atoms with Crippen LogP contribution >= 0.6 is 0 Å². The van der Waals surface area contributed by atoms with Gasteiger partial charge in [0.2, 0.25) is 0 Å². The highest BCUT2D eigenvalue weighted by atomic mass is 16.1. The first-order valence-corrected chi connectivity index (χ1v) is 7.04. The van der Waals surface area contributed by atoms with E-state index in [1.54, 1.807) is 17.1 Å². The Bertz CT molecular complexity index is 766. The van der Waals surface area contributed by atoms with E-state index in [2.05, 4.69) is 15.4 Å². The van der Waals surface area contributed by atoms with Crippen LogP contribution in [0.2, 0.25) is 0 Å². The summed E-state index contributed by atoms with van der Waals surface area (Å²) >= 11 is 0. The van der Waals surface area contributed by atoms with Gasteiger partial charge in [-0.25, -0.2) is 9.67 Å². The first-order valence-electron chi connectivity index (χ1n) is 7.04. The minimum atomic E-state index is -0.136. The summed E-state index contributed by atoms with van der Waals surface area (Å²) in [5.41, 5.74) is 2.39. The normalized spacial score (nSPS) is 10.4. The van der Waals surface area contributed by atoms with E-state index in [0.29, 0.717) is 17.9 Å². The van der Waals surface area contributed by atoms with E-state index in [-0.39, 0.29) is 5.91 Å². The van der Waals surface area contributed by atoms with Gasteiger partial charge in [-0.3, -0.25) is 4.79 Å². The molecule has 2 aromatic heterocycles. The third-order valence-corrected chi connectivity index (χ3v) is 3.42. The van der Waals surface area contributed by atoms with Crippen molar-refractivity contribution in [3.8, 4) is 5.82 Å². The van der Waals surface area contributed by atoms with Crippen molar-refractivity contribution >= 4 is 5.91 Å². The van der Waals surface area contributed by atoms with Crippen LogP contribution in [0.3, 0.4) is 0 Å². The van der Waals surface area contributed by atoms with Gasteiger partial charge in [0.15, 0.2) is 5.82 Å². The topological polar surface area (TPSA) is 59.8 Å². The minimum absolute atomic E-state index is 0.136. The van der Waals surface area contributed by atoms with E-state index in [0.717, 1.165) is 11.3 Å². The van der Waals surface area contributed by atoms with Crippen molar-refractivity contribution in [3.63, 3.8) is 0 Å². The number of carbonyl (C=O) groups is 1. The molecule has 0 unspecified atom stereocenters. The number of hydrogen-bond acceptors (Lipinski definition) is 3. The smallest absolute Gasteiger partial charge is 0.255 e. The summed E-state index contributed by atoms with van der Waals surface area (Å²) in [4.78, 5) is 16.5. The van der Waals surface area contributed by atoms with Crippen molar-refractivity contribution in [2.24, 2.45) is 0 Å². The average Bonchev–Trinajstić information content (AvgIpc) is 2.96. The molecule has 3 rings (SSSR count). The second-order valence-electron chi connectivity index (χ2n) is 4.91. The van der Waals surface area contributed by atoms with E-state index < -0.39 is 0 Å². The lowest BCUT2D eigenvalue weighted by Crippen LogP contribution is -2.23. The van der Waals surface area contributed by atoms with Crippen LogP contribution in [0.15, 0.2) is 60.9 Å². The van der Waals surface area contributed by atoms with Crippen molar-refractivity contribution < 1.29 is 4.79 Å².